The Morgan fingerprint density at radius 2 is 1.81 bits per heavy atom. The first-order valence-corrected chi connectivity index (χ1v) is 10.8. The molecule has 2 N–H and O–H groups in total. The fourth-order valence-electron chi connectivity index (χ4n) is 3.78. The molecule has 166 valence electrons. The molecule has 1 aromatic heterocycles. The number of rotatable bonds is 6. The second-order valence-electron chi connectivity index (χ2n) is 7.67. The van der Waals surface area contributed by atoms with Crippen molar-refractivity contribution in [3.05, 3.63) is 60.2 Å². The number of Topliss-reactive ketones (excluding diaryl/α,β-unsaturated/α-hetero) is 1. The number of ketones is 1. The Bertz CT molecular complexity index is 1130. The molecule has 2 aromatic rings. The van der Waals surface area contributed by atoms with E-state index in [0.29, 0.717) is 23.4 Å². The minimum atomic E-state index is -0.943. The summed E-state index contributed by atoms with van der Waals surface area (Å²) in [5.74, 6) is -1.90. The number of carbonyl (C=O) groups excluding carboxylic acids is 2. The fourth-order valence-corrected chi connectivity index (χ4v) is 4.10. The zero-order valence-electron chi connectivity index (χ0n) is 17.0. The molecular formula is C21H23Cl2N3O5. The van der Waals surface area contributed by atoms with Crippen LogP contribution in [0.5, 0.6) is 5.88 Å². The molecule has 0 bridgehead atoms. The quantitative estimate of drug-likeness (QED) is 0.678. The van der Waals surface area contributed by atoms with E-state index in [4.69, 9.17) is 23.2 Å². The molecule has 0 spiro atoms. The lowest BCUT2D eigenvalue weighted by molar-refractivity contribution is -0.116. The summed E-state index contributed by atoms with van der Waals surface area (Å²) in [6.07, 6.45) is 4.05. The Morgan fingerprint density at radius 1 is 1.13 bits per heavy atom. The van der Waals surface area contributed by atoms with Gasteiger partial charge < -0.3 is 10.4 Å². The number of nitrogens with zero attached hydrogens (tertiary/aromatic N) is 2. The van der Waals surface area contributed by atoms with Gasteiger partial charge in [0.05, 0.1) is 23.1 Å². The molecule has 0 atom stereocenters. The Kier molecular flexibility index (Phi) is 7.23. The highest BCUT2D eigenvalue weighted by Gasteiger charge is 2.28. The summed E-state index contributed by atoms with van der Waals surface area (Å²) in [6, 6.07) is 4.36. The van der Waals surface area contributed by atoms with Crippen LogP contribution in [0.3, 0.4) is 0 Å². The lowest BCUT2D eigenvalue weighted by atomic mass is 9.95. The molecule has 1 saturated carbocycles. The fraction of sp³-hybridized carbons (Fsp3) is 0.429. The summed E-state index contributed by atoms with van der Waals surface area (Å²) in [5.41, 5.74) is -1.68. The average molecular weight is 468 g/mol. The monoisotopic (exact) mass is 467 g/mol. The predicted molar refractivity (Wildman–Crippen MR) is 117 cm³/mol. The van der Waals surface area contributed by atoms with Gasteiger partial charge in [-0.2, -0.15) is 0 Å². The van der Waals surface area contributed by atoms with Gasteiger partial charge in [0.25, 0.3) is 11.5 Å². The lowest BCUT2D eigenvalue weighted by Gasteiger charge is -2.26. The minimum absolute atomic E-state index is 0.158. The van der Waals surface area contributed by atoms with Gasteiger partial charge in [-0.3, -0.25) is 23.5 Å². The van der Waals surface area contributed by atoms with Crippen molar-refractivity contribution in [3.8, 4) is 5.88 Å². The number of carbonyl (C=O) groups is 2. The van der Waals surface area contributed by atoms with Gasteiger partial charge in [-0.25, -0.2) is 4.79 Å². The highest BCUT2D eigenvalue weighted by molar-refractivity contribution is 6.42. The van der Waals surface area contributed by atoms with Crippen LogP contribution in [-0.4, -0.2) is 32.5 Å². The first-order chi connectivity index (χ1) is 14.7. The van der Waals surface area contributed by atoms with E-state index in [1.807, 2.05) is 0 Å². The van der Waals surface area contributed by atoms with Gasteiger partial charge >= 0.3 is 5.69 Å². The lowest BCUT2D eigenvalue weighted by Crippen LogP contribution is -2.46. The largest absolute Gasteiger partial charge is 0.494 e. The van der Waals surface area contributed by atoms with Crippen LogP contribution < -0.4 is 16.6 Å². The summed E-state index contributed by atoms with van der Waals surface area (Å²) >= 11 is 12.0. The van der Waals surface area contributed by atoms with Crippen molar-refractivity contribution in [3.63, 3.8) is 0 Å². The molecule has 1 aliphatic rings. The van der Waals surface area contributed by atoms with Gasteiger partial charge in [0, 0.05) is 6.04 Å². The predicted octanol–water partition coefficient (Wildman–Crippen LogP) is 2.89. The molecule has 1 aliphatic carbocycles. The van der Waals surface area contributed by atoms with E-state index >= 15 is 0 Å². The number of hydrogen-bond donors (Lipinski definition) is 2. The van der Waals surface area contributed by atoms with Gasteiger partial charge in [-0.1, -0.05) is 48.5 Å². The van der Waals surface area contributed by atoms with Gasteiger partial charge in [-0.15, -0.1) is 0 Å². The SMILES string of the molecule is CC(=O)CNC(=O)c1c(O)n(C2CCCCC2)c(=O)n(Cc2ccc(Cl)c(Cl)c2)c1=O. The smallest absolute Gasteiger partial charge is 0.334 e. The van der Waals surface area contributed by atoms with Gasteiger partial charge in [0.1, 0.15) is 5.78 Å². The van der Waals surface area contributed by atoms with Crippen molar-refractivity contribution >= 4 is 34.9 Å². The van der Waals surface area contributed by atoms with Crippen molar-refractivity contribution < 1.29 is 14.7 Å². The van der Waals surface area contributed by atoms with Crippen molar-refractivity contribution in [2.75, 3.05) is 6.54 Å². The highest BCUT2D eigenvalue weighted by atomic mass is 35.5. The summed E-state index contributed by atoms with van der Waals surface area (Å²) in [6.45, 7) is 0.827. The first kappa shape index (κ1) is 23.1. The molecule has 0 radical (unpaired) electrons. The first-order valence-electron chi connectivity index (χ1n) is 10.0. The van der Waals surface area contributed by atoms with E-state index < -0.39 is 28.6 Å². The second-order valence-corrected chi connectivity index (χ2v) is 8.48. The van der Waals surface area contributed by atoms with Crippen molar-refractivity contribution in [2.45, 2.75) is 51.6 Å². The van der Waals surface area contributed by atoms with Crippen molar-refractivity contribution in [2.24, 2.45) is 0 Å². The summed E-state index contributed by atoms with van der Waals surface area (Å²) in [4.78, 5) is 50.2. The topological polar surface area (TPSA) is 110 Å². The maximum atomic E-state index is 13.2. The molecule has 1 fully saturated rings. The van der Waals surface area contributed by atoms with Crippen molar-refractivity contribution in [1.29, 1.82) is 0 Å². The third-order valence-corrected chi connectivity index (χ3v) is 6.08. The maximum absolute atomic E-state index is 13.2. The van der Waals surface area contributed by atoms with E-state index in [9.17, 15) is 24.3 Å². The summed E-state index contributed by atoms with van der Waals surface area (Å²) in [7, 11) is 0. The van der Waals surface area contributed by atoms with E-state index in [1.165, 1.54) is 13.0 Å². The van der Waals surface area contributed by atoms with Crippen molar-refractivity contribution in [1.82, 2.24) is 14.5 Å². The van der Waals surface area contributed by atoms with E-state index in [-0.39, 0.29) is 29.9 Å². The van der Waals surface area contributed by atoms with E-state index in [1.54, 1.807) is 12.1 Å². The van der Waals surface area contributed by atoms with Crippen LogP contribution in [-0.2, 0) is 11.3 Å². The van der Waals surface area contributed by atoms with E-state index in [2.05, 4.69) is 5.32 Å². The zero-order valence-corrected chi connectivity index (χ0v) is 18.5. The molecule has 0 saturated heterocycles. The molecule has 3 rings (SSSR count). The number of amides is 1. The number of aromatic nitrogens is 2. The molecule has 1 amide bonds. The Balaban J connectivity index is 2.15. The Morgan fingerprint density at radius 3 is 2.42 bits per heavy atom. The number of hydrogen-bond acceptors (Lipinski definition) is 5. The van der Waals surface area contributed by atoms with Crippen LogP contribution in [0.1, 0.15) is 61.0 Å². The van der Waals surface area contributed by atoms with Gasteiger partial charge in [-0.05, 0) is 37.5 Å². The number of nitrogens with one attached hydrogen (secondary N) is 1. The van der Waals surface area contributed by atoms with Crippen LogP contribution in [0.4, 0.5) is 0 Å². The van der Waals surface area contributed by atoms with Crippen LogP contribution in [0.2, 0.25) is 10.0 Å². The van der Waals surface area contributed by atoms with Crippen LogP contribution in [0.25, 0.3) is 0 Å². The molecule has 0 aliphatic heterocycles. The Hall–Kier alpha value is -2.58. The second kappa shape index (κ2) is 9.70. The number of aromatic hydroxyl groups is 1. The summed E-state index contributed by atoms with van der Waals surface area (Å²) < 4.78 is 2.03. The molecule has 10 heteroatoms. The van der Waals surface area contributed by atoms with Crippen LogP contribution >= 0.6 is 23.2 Å². The van der Waals surface area contributed by atoms with Crippen LogP contribution in [0, 0.1) is 0 Å². The number of benzene rings is 1. The van der Waals surface area contributed by atoms with Gasteiger partial charge in [0.2, 0.25) is 5.88 Å². The van der Waals surface area contributed by atoms with Crippen LogP contribution in [0.15, 0.2) is 27.8 Å². The van der Waals surface area contributed by atoms with E-state index in [0.717, 1.165) is 28.4 Å². The molecule has 1 heterocycles. The molecule has 1 aromatic carbocycles. The minimum Gasteiger partial charge on any atom is -0.494 e. The molecule has 31 heavy (non-hydrogen) atoms. The average Bonchev–Trinajstić information content (AvgIpc) is 2.73. The molecular weight excluding hydrogens is 445 g/mol. The number of halogens is 2. The maximum Gasteiger partial charge on any atom is 0.334 e. The third kappa shape index (κ3) is 5.02. The summed E-state index contributed by atoms with van der Waals surface area (Å²) in [5, 5.41) is 13.7. The normalized spacial score (nSPS) is 14.4. The third-order valence-electron chi connectivity index (χ3n) is 5.34. The zero-order chi connectivity index (χ0) is 22.7. The van der Waals surface area contributed by atoms with Gasteiger partial charge in [0.15, 0.2) is 5.56 Å². The highest BCUT2D eigenvalue weighted by Crippen LogP contribution is 2.30. The molecule has 8 nitrogen and oxygen atoms in total. The Labute approximate surface area is 188 Å². The standard InChI is InChI=1S/C21H23Cl2N3O5/c1-12(27)10-24-18(28)17-19(29)25(11-13-7-8-15(22)16(23)9-13)21(31)26(20(17)30)14-5-3-2-4-6-14/h7-9,14,30H,2-6,10-11H2,1H3,(H,24,28). The molecule has 0 unspecified atom stereocenters.